The number of ether oxygens (including phenoxy) is 1. The first kappa shape index (κ1) is 20.8. The SMILES string of the molecule is O=C(NCc1ccc(-c2noc(C(F)(F)F)n2)cn1)OCc1cnc2c(c1)CCCC2. The van der Waals surface area contributed by atoms with E-state index in [2.05, 4.69) is 29.9 Å². The van der Waals surface area contributed by atoms with E-state index in [9.17, 15) is 18.0 Å². The number of halogens is 3. The molecule has 1 amide bonds. The van der Waals surface area contributed by atoms with Crippen LogP contribution in [0.4, 0.5) is 18.0 Å². The third-order valence-corrected chi connectivity index (χ3v) is 4.76. The molecule has 1 aliphatic rings. The Morgan fingerprint density at radius 2 is 2.00 bits per heavy atom. The fourth-order valence-electron chi connectivity index (χ4n) is 3.20. The Morgan fingerprint density at radius 1 is 1.16 bits per heavy atom. The summed E-state index contributed by atoms with van der Waals surface area (Å²) in [7, 11) is 0. The summed E-state index contributed by atoms with van der Waals surface area (Å²) in [5.74, 6) is -1.65. The number of alkyl carbamates (subject to hydrolysis) is 1. The quantitative estimate of drug-likeness (QED) is 0.652. The van der Waals surface area contributed by atoms with Crippen molar-refractivity contribution in [2.24, 2.45) is 0 Å². The third-order valence-electron chi connectivity index (χ3n) is 4.76. The molecule has 0 saturated heterocycles. The van der Waals surface area contributed by atoms with Gasteiger partial charge in [-0.05, 0) is 49.4 Å². The first-order valence-electron chi connectivity index (χ1n) is 9.62. The smallest absolute Gasteiger partial charge is 0.445 e. The lowest BCUT2D eigenvalue weighted by atomic mass is 9.95. The van der Waals surface area contributed by atoms with E-state index in [4.69, 9.17) is 4.74 Å². The van der Waals surface area contributed by atoms with Gasteiger partial charge in [0.05, 0.1) is 12.2 Å². The standard InChI is InChI=1S/C20H18F3N5O3/c21-20(22,23)18-27-17(28-31-18)14-5-6-15(24-9-14)10-26-19(29)30-11-12-7-13-3-1-2-4-16(13)25-8-12/h5-9H,1-4,10-11H2,(H,26,29). The van der Waals surface area contributed by atoms with Crippen LogP contribution >= 0.6 is 0 Å². The highest BCUT2D eigenvalue weighted by atomic mass is 19.4. The second-order valence-corrected chi connectivity index (χ2v) is 7.05. The number of nitrogens with zero attached hydrogens (tertiary/aromatic N) is 4. The van der Waals surface area contributed by atoms with Crippen molar-refractivity contribution in [3.8, 4) is 11.4 Å². The summed E-state index contributed by atoms with van der Waals surface area (Å²) < 4.78 is 47.0. The molecule has 3 aromatic heterocycles. The van der Waals surface area contributed by atoms with E-state index in [1.54, 1.807) is 6.20 Å². The van der Waals surface area contributed by atoms with Gasteiger partial charge in [-0.3, -0.25) is 9.97 Å². The van der Waals surface area contributed by atoms with E-state index in [1.165, 1.54) is 23.9 Å². The van der Waals surface area contributed by atoms with Crippen LogP contribution in [0, 0.1) is 0 Å². The minimum Gasteiger partial charge on any atom is -0.445 e. The number of amides is 1. The second-order valence-electron chi connectivity index (χ2n) is 7.05. The molecular weight excluding hydrogens is 415 g/mol. The van der Waals surface area contributed by atoms with Crippen molar-refractivity contribution in [1.29, 1.82) is 0 Å². The average Bonchev–Trinajstić information content (AvgIpc) is 3.27. The second kappa shape index (κ2) is 8.70. The fourth-order valence-corrected chi connectivity index (χ4v) is 3.20. The number of aromatic nitrogens is 4. The number of pyridine rings is 2. The molecule has 0 aromatic carbocycles. The van der Waals surface area contributed by atoms with Crippen molar-refractivity contribution in [3.63, 3.8) is 0 Å². The highest BCUT2D eigenvalue weighted by Gasteiger charge is 2.38. The van der Waals surface area contributed by atoms with E-state index in [-0.39, 0.29) is 24.5 Å². The number of hydrogen-bond donors (Lipinski definition) is 1. The van der Waals surface area contributed by atoms with Gasteiger partial charge in [-0.2, -0.15) is 18.2 Å². The number of nitrogens with one attached hydrogen (secondary N) is 1. The molecule has 0 spiro atoms. The molecule has 0 unspecified atom stereocenters. The molecule has 8 nitrogen and oxygen atoms in total. The van der Waals surface area contributed by atoms with Crippen molar-refractivity contribution in [1.82, 2.24) is 25.4 Å². The molecule has 0 atom stereocenters. The number of carbonyl (C=O) groups excluding carboxylic acids is 1. The normalized spacial score (nSPS) is 13.5. The van der Waals surface area contributed by atoms with Gasteiger partial charge in [0.2, 0.25) is 5.82 Å². The summed E-state index contributed by atoms with van der Waals surface area (Å²) >= 11 is 0. The van der Waals surface area contributed by atoms with Crippen molar-refractivity contribution >= 4 is 6.09 Å². The highest BCUT2D eigenvalue weighted by molar-refractivity contribution is 5.67. The maximum Gasteiger partial charge on any atom is 0.471 e. The van der Waals surface area contributed by atoms with Crippen molar-refractivity contribution in [2.45, 2.75) is 45.0 Å². The van der Waals surface area contributed by atoms with Crippen LogP contribution in [0.3, 0.4) is 0 Å². The van der Waals surface area contributed by atoms with Crippen LogP contribution in [0.2, 0.25) is 0 Å². The van der Waals surface area contributed by atoms with Gasteiger partial charge in [0.1, 0.15) is 6.61 Å². The molecule has 1 N–H and O–H groups in total. The van der Waals surface area contributed by atoms with Gasteiger partial charge in [-0.1, -0.05) is 5.16 Å². The van der Waals surface area contributed by atoms with Crippen LogP contribution in [0.15, 0.2) is 35.1 Å². The molecule has 0 aliphatic heterocycles. The Labute approximate surface area is 174 Å². The molecule has 0 bridgehead atoms. The molecule has 4 rings (SSSR count). The van der Waals surface area contributed by atoms with Crippen molar-refractivity contribution in [2.75, 3.05) is 0 Å². The van der Waals surface area contributed by atoms with Crippen molar-refractivity contribution in [3.05, 3.63) is 59.0 Å². The first-order valence-corrected chi connectivity index (χ1v) is 9.62. The zero-order chi connectivity index (χ0) is 21.8. The molecule has 11 heteroatoms. The lowest BCUT2D eigenvalue weighted by molar-refractivity contribution is -0.159. The van der Waals surface area contributed by atoms with Crippen LogP contribution in [-0.4, -0.2) is 26.2 Å². The number of aryl methyl sites for hydroxylation is 2. The summed E-state index contributed by atoms with van der Waals surface area (Å²) in [4.78, 5) is 23.8. The van der Waals surface area contributed by atoms with Gasteiger partial charge in [0, 0.05) is 29.2 Å². The number of rotatable bonds is 5. The zero-order valence-corrected chi connectivity index (χ0v) is 16.3. The number of carbonyl (C=O) groups is 1. The van der Waals surface area contributed by atoms with E-state index < -0.39 is 18.2 Å². The first-order chi connectivity index (χ1) is 14.9. The summed E-state index contributed by atoms with van der Waals surface area (Å²) in [5.41, 5.74) is 3.89. The predicted octanol–water partition coefficient (Wildman–Crippen LogP) is 3.85. The lowest BCUT2D eigenvalue weighted by Gasteiger charge is -2.15. The van der Waals surface area contributed by atoms with E-state index in [0.717, 1.165) is 36.9 Å². The predicted molar refractivity (Wildman–Crippen MR) is 100 cm³/mol. The lowest BCUT2D eigenvalue weighted by Crippen LogP contribution is -2.24. The Morgan fingerprint density at radius 3 is 2.74 bits per heavy atom. The van der Waals surface area contributed by atoms with Crippen LogP contribution in [0.25, 0.3) is 11.4 Å². The molecule has 31 heavy (non-hydrogen) atoms. The molecule has 162 valence electrons. The summed E-state index contributed by atoms with van der Waals surface area (Å²) in [5, 5.41) is 5.87. The number of hydrogen-bond acceptors (Lipinski definition) is 7. The maximum absolute atomic E-state index is 12.5. The van der Waals surface area contributed by atoms with E-state index in [0.29, 0.717) is 5.69 Å². The Balaban J connectivity index is 1.27. The molecule has 3 heterocycles. The Hall–Kier alpha value is -3.50. The number of fused-ring (bicyclic) bond motifs is 1. The molecule has 0 saturated carbocycles. The Kier molecular flexibility index (Phi) is 5.83. The fraction of sp³-hybridized carbons (Fsp3) is 0.350. The van der Waals surface area contributed by atoms with Gasteiger partial charge in [-0.25, -0.2) is 4.79 Å². The Bertz CT molecular complexity index is 1070. The van der Waals surface area contributed by atoms with Crippen molar-refractivity contribution < 1.29 is 27.2 Å². The van der Waals surface area contributed by atoms with Crippen LogP contribution in [0.1, 0.15) is 41.2 Å². The monoisotopic (exact) mass is 433 g/mol. The highest BCUT2D eigenvalue weighted by Crippen LogP contribution is 2.29. The molecule has 0 radical (unpaired) electrons. The topological polar surface area (TPSA) is 103 Å². The minimum absolute atomic E-state index is 0.0849. The minimum atomic E-state index is -4.71. The molecule has 1 aliphatic carbocycles. The summed E-state index contributed by atoms with van der Waals surface area (Å²) in [6, 6.07) is 5.04. The van der Waals surface area contributed by atoms with Crippen LogP contribution < -0.4 is 5.32 Å². The largest absolute Gasteiger partial charge is 0.471 e. The van der Waals surface area contributed by atoms with E-state index in [1.807, 2.05) is 6.07 Å². The maximum atomic E-state index is 12.5. The van der Waals surface area contributed by atoms with Crippen LogP contribution in [0.5, 0.6) is 0 Å². The van der Waals surface area contributed by atoms with E-state index >= 15 is 0 Å². The van der Waals surface area contributed by atoms with Gasteiger partial charge in [-0.15, -0.1) is 0 Å². The molecule has 3 aromatic rings. The number of alkyl halides is 3. The average molecular weight is 433 g/mol. The van der Waals surface area contributed by atoms with Crippen LogP contribution in [-0.2, 0) is 36.9 Å². The summed E-state index contributed by atoms with van der Waals surface area (Å²) in [6.45, 7) is 0.194. The summed E-state index contributed by atoms with van der Waals surface area (Å²) in [6.07, 6.45) is 1.96. The van der Waals surface area contributed by atoms with Gasteiger partial charge in [0.25, 0.3) is 0 Å². The van der Waals surface area contributed by atoms with Gasteiger partial charge in [0.15, 0.2) is 0 Å². The molecular formula is C20H18F3N5O3. The van der Waals surface area contributed by atoms with Gasteiger partial charge >= 0.3 is 18.2 Å². The van der Waals surface area contributed by atoms with Gasteiger partial charge < -0.3 is 14.6 Å². The third kappa shape index (κ3) is 5.16. The molecule has 0 fully saturated rings. The zero-order valence-electron chi connectivity index (χ0n) is 16.3.